The molecule has 1 amide bonds. The molecule has 24 heavy (non-hydrogen) atoms. The molecule has 0 aliphatic carbocycles. The summed E-state index contributed by atoms with van der Waals surface area (Å²) < 4.78 is 0. The van der Waals surface area contributed by atoms with Crippen molar-refractivity contribution in [3.05, 3.63) is 36.2 Å². The predicted molar refractivity (Wildman–Crippen MR) is 96.9 cm³/mol. The number of likely N-dealkylation sites (N-methyl/N-ethyl adjacent to an activating group) is 1. The number of amides is 1. The van der Waals surface area contributed by atoms with Gasteiger partial charge in [0.2, 0.25) is 0 Å². The van der Waals surface area contributed by atoms with Gasteiger partial charge in [0.05, 0.1) is 5.54 Å². The minimum absolute atomic E-state index is 0.108. The van der Waals surface area contributed by atoms with E-state index in [-0.39, 0.29) is 11.0 Å². The first-order valence-corrected chi connectivity index (χ1v) is 8.52. The van der Waals surface area contributed by atoms with E-state index in [1.54, 1.807) is 11.1 Å². The van der Waals surface area contributed by atoms with Crippen molar-refractivity contribution in [3.8, 4) is 0 Å². The number of carboxylic acid groups (broad SMARTS) is 1. The molecule has 5 nitrogen and oxygen atoms in total. The summed E-state index contributed by atoms with van der Waals surface area (Å²) >= 11 is 0. The van der Waals surface area contributed by atoms with Gasteiger partial charge in [-0.05, 0) is 36.9 Å². The van der Waals surface area contributed by atoms with Crippen LogP contribution in [0.3, 0.4) is 0 Å². The van der Waals surface area contributed by atoms with E-state index in [1.807, 2.05) is 18.3 Å². The molecule has 1 fully saturated rings. The van der Waals surface area contributed by atoms with Crippen molar-refractivity contribution in [3.63, 3.8) is 0 Å². The minimum atomic E-state index is -0.804. The van der Waals surface area contributed by atoms with Crippen molar-refractivity contribution in [2.45, 2.75) is 39.2 Å². The first kappa shape index (κ1) is 18.5. The van der Waals surface area contributed by atoms with E-state index in [9.17, 15) is 9.90 Å². The number of likely N-dealkylation sites (tertiary alicyclic amines) is 1. The second-order valence-electron chi connectivity index (χ2n) is 7.70. The van der Waals surface area contributed by atoms with Crippen LogP contribution in [0.25, 0.3) is 6.08 Å². The zero-order valence-corrected chi connectivity index (χ0v) is 15.2. The zero-order valence-electron chi connectivity index (χ0n) is 15.2. The third-order valence-corrected chi connectivity index (χ3v) is 5.06. The largest absolute Gasteiger partial charge is 0.465 e. The number of aromatic nitrogens is 1. The number of carbonyl (C=O) groups is 1. The lowest BCUT2D eigenvalue weighted by molar-refractivity contribution is 0.0102. The van der Waals surface area contributed by atoms with Crippen LogP contribution in [0.4, 0.5) is 4.79 Å². The molecule has 0 radical (unpaired) electrons. The van der Waals surface area contributed by atoms with Crippen molar-refractivity contribution < 1.29 is 9.90 Å². The fourth-order valence-electron chi connectivity index (χ4n) is 3.69. The number of rotatable bonds is 5. The molecule has 0 unspecified atom stereocenters. The first-order valence-electron chi connectivity index (χ1n) is 8.52. The van der Waals surface area contributed by atoms with Gasteiger partial charge in [0.1, 0.15) is 0 Å². The van der Waals surface area contributed by atoms with Gasteiger partial charge in [0, 0.05) is 32.0 Å². The SMILES string of the molecule is CN(CC=Cc1cccnc1)C[C@@]1(C(C)(C)C)CCCN1C(=O)O. The molecule has 0 bridgehead atoms. The molecular formula is C19H29N3O2. The van der Waals surface area contributed by atoms with Crippen LogP contribution in [0.15, 0.2) is 30.6 Å². The first-order chi connectivity index (χ1) is 11.3. The third kappa shape index (κ3) is 3.96. The van der Waals surface area contributed by atoms with E-state index >= 15 is 0 Å². The highest BCUT2D eigenvalue weighted by Gasteiger charge is 2.52. The summed E-state index contributed by atoms with van der Waals surface area (Å²) in [5.41, 5.74) is 0.628. The summed E-state index contributed by atoms with van der Waals surface area (Å²) in [5, 5.41) is 9.64. The average Bonchev–Trinajstić information content (AvgIpc) is 2.93. The maximum Gasteiger partial charge on any atom is 0.407 e. The summed E-state index contributed by atoms with van der Waals surface area (Å²) in [6.45, 7) is 8.58. The molecule has 0 saturated carbocycles. The lowest BCUT2D eigenvalue weighted by atomic mass is 9.71. The van der Waals surface area contributed by atoms with Crippen molar-refractivity contribution in [2.75, 3.05) is 26.7 Å². The molecule has 1 aromatic heterocycles. The molecule has 2 rings (SSSR count). The Hall–Kier alpha value is -1.88. The van der Waals surface area contributed by atoms with E-state index in [0.29, 0.717) is 6.54 Å². The fourth-order valence-corrected chi connectivity index (χ4v) is 3.69. The quantitative estimate of drug-likeness (QED) is 0.896. The Kier molecular flexibility index (Phi) is 5.65. The van der Waals surface area contributed by atoms with Crippen LogP contribution in [0.2, 0.25) is 0 Å². The number of pyridine rings is 1. The lowest BCUT2D eigenvalue weighted by Gasteiger charge is -2.49. The highest BCUT2D eigenvalue weighted by Crippen LogP contribution is 2.44. The van der Waals surface area contributed by atoms with Crippen LogP contribution < -0.4 is 0 Å². The van der Waals surface area contributed by atoms with Gasteiger partial charge >= 0.3 is 6.09 Å². The maximum absolute atomic E-state index is 11.7. The number of nitrogens with zero attached hydrogens (tertiary/aromatic N) is 3. The number of hydrogen-bond acceptors (Lipinski definition) is 3. The predicted octanol–water partition coefficient (Wildman–Crippen LogP) is 3.59. The van der Waals surface area contributed by atoms with Gasteiger partial charge in [-0.15, -0.1) is 0 Å². The van der Waals surface area contributed by atoms with Gasteiger partial charge in [-0.2, -0.15) is 0 Å². The summed E-state index contributed by atoms with van der Waals surface area (Å²) in [7, 11) is 2.05. The standard InChI is InChI=1S/C19H29N3O2/c1-18(2,3)19(10-7-13-22(19)17(23)24)15-21(4)12-6-9-16-8-5-11-20-14-16/h5-6,8-9,11,14H,7,10,12-13,15H2,1-4H3,(H,23,24)/t19-/m1/s1. The van der Waals surface area contributed by atoms with E-state index in [1.165, 1.54) is 0 Å². The van der Waals surface area contributed by atoms with E-state index in [4.69, 9.17) is 0 Å². The Morgan fingerprint density at radius 3 is 2.83 bits per heavy atom. The summed E-state index contributed by atoms with van der Waals surface area (Å²) in [6, 6.07) is 3.94. The van der Waals surface area contributed by atoms with Crippen LogP contribution in [-0.2, 0) is 0 Å². The second-order valence-corrected chi connectivity index (χ2v) is 7.70. The molecule has 2 heterocycles. The molecule has 0 spiro atoms. The zero-order chi connectivity index (χ0) is 17.8. The van der Waals surface area contributed by atoms with Gasteiger partial charge in [-0.1, -0.05) is 39.0 Å². The van der Waals surface area contributed by atoms with Gasteiger partial charge in [0.15, 0.2) is 0 Å². The normalized spacial score (nSPS) is 21.8. The minimum Gasteiger partial charge on any atom is -0.465 e. The van der Waals surface area contributed by atoms with Crippen molar-refractivity contribution in [1.82, 2.24) is 14.8 Å². The van der Waals surface area contributed by atoms with Crippen LogP contribution >= 0.6 is 0 Å². The van der Waals surface area contributed by atoms with E-state index in [2.05, 4.69) is 49.9 Å². The van der Waals surface area contributed by atoms with Crippen molar-refractivity contribution in [1.29, 1.82) is 0 Å². The van der Waals surface area contributed by atoms with Crippen LogP contribution in [0.5, 0.6) is 0 Å². The molecule has 1 atom stereocenters. The second kappa shape index (κ2) is 7.34. The Balaban J connectivity index is 2.07. The lowest BCUT2D eigenvalue weighted by Crippen LogP contribution is -2.60. The Labute approximate surface area is 145 Å². The van der Waals surface area contributed by atoms with E-state index < -0.39 is 6.09 Å². The Bertz CT molecular complexity index is 580. The summed E-state index contributed by atoms with van der Waals surface area (Å²) in [5.74, 6) is 0. The van der Waals surface area contributed by atoms with Crippen LogP contribution in [0, 0.1) is 5.41 Å². The topological polar surface area (TPSA) is 56.7 Å². The Morgan fingerprint density at radius 1 is 1.50 bits per heavy atom. The molecule has 132 valence electrons. The van der Waals surface area contributed by atoms with Gasteiger partial charge in [0.25, 0.3) is 0 Å². The molecule has 1 aliphatic rings. The van der Waals surface area contributed by atoms with Crippen LogP contribution in [0.1, 0.15) is 39.2 Å². The summed E-state index contributed by atoms with van der Waals surface area (Å²) in [4.78, 5) is 19.7. The van der Waals surface area contributed by atoms with Gasteiger partial charge in [-0.25, -0.2) is 4.79 Å². The molecular weight excluding hydrogens is 302 g/mol. The fraction of sp³-hybridized carbons (Fsp3) is 0.579. The van der Waals surface area contributed by atoms with Crippen molar-refractivity contribution >= 4 is 12.2 Å². The average molecular weight is 331 g/mol. The molecule has 1 aliphatic heterocycles. The maximum atomic E-state index is 11.7. The highest BCUT2D eigenvalue weighted by molar-refractivity contribution is 5.67. The summed E-state index contributed by atoms with van der Waals surface area (Å²) in [6.07, 6.45) is 8.79. The number of hydrogen-bond donors (Lipinski definition) is 1. The smallest absolute Gasteiger partial charge is 0.407 e. The molecule has 5 heteroatoms. The van der Waals surface area contributed by atoms with Crippen molar-refractivity contribution in [2.24, 2.45) is 5.41 Å². The van der Waals surface area contributed by atoms with Crippen LogP contribution in [-0.4, -0.2) is 58.2 Å². The molecule has 1 N–H and O–H groups in total. The third-order valence-electron chi connectivity index (χ3n) is 5.06. The monoisotopic (exact) mass is 331 g/mol. The molecule has 1 saturated heterocycles. The Morgan fingerprint density at radius 2 is 2.25 bits per heavy atom. The molecule has 0 aromatic carbocycles. The van der Waals surface area contributed by atoms with Gasteiger partial charge < -0.3 is 14.9 Å². The molecule has 1 aromatic rings. The van der Waals surface area contributed by atoms with Gasteiger partial charge in [-0.3, -0.25) is 4.98 Å². The van der Waals surface area contributed by atoms with E-state index in [0.717, 1.165) is 31.5 Å². The highest BCUT2D eigenvalue weighted by atomic mass is 16.4.